The lowest BCUT2D eigenvalue weighted by Crippen LogP contribution is -2.22. The number of ether oxygens (including phenoxy) is 1. The van der Waals surface area contributed by atoms with E-state index in [1.165, 1.54) is 24.4 Å². The van der Waals surface area contributed by atoms with Crippen molar-refractivity contribution in [3.8, 4) is 5.75 Å². The number of hydrogen-bond donors (Lipinski definition) is 1. The van der Waals surface area contributed by atoms with Gasteiger partial charge in [0.25, 0.3) is 10.0 Å². The summed E-state index contributed by atoms with van der Waals surface area (Å²) in [6.07, 6.45) is 1.42. The summed E-state index contributed by atoms with van der Waals surface area (Å²) in [6.45, 7) is 0. The summed E-state index contributed by atoms with van der Waals surface area (Å²) < 4.78 is 32.5. The number of anilines is 1. The van der Waals surface area contributed by atoms with E-state index >= 15 is 0 Å². The molecule has 3 rings (SSSR count). The van der Waals surface area contributed by atoms with Crippen molar-refractivity contribution < 1.29 is 18.3 Å². The number of methoxy groups -OCH3 is 1. The van der Waals surface area contributed by atoms with Crippen LogP contribution in [0, 0.1) is 0 Å². The summed E-state index contributed by atoms with van der Waals surface area (Å²) in [5.41, 5.74) is 0.953. The summed E-state index contributed by atoms with van der Waals surface area (Å²) in [4.78, 5) is 0. The van der Waals surface area contributed by atoms with Crippen LogP contribution in [0.25, 0.3) is 0 Å². The Hall–Kier alpha value is -3.17. The minimum atomic E-state index is -3.77. The maximum atomic E-state index is 12.4. The largest absolute Gasteiger partial charge is 0.857 e. The number of benzene rings is 2. The normalized spacial score (nSPS) is 12.2. The topological polar surface area (TPSA) is 103 Å². The Morgan fingerprint density at radius 1 is 1.14 bits per heavy atom. The van der Waals surface area contributed by atoms with E-state index in [-0.39, 0.29) is 15.5 Å². The molecule has 0 saturated carbocycles. The lowest BCUT2D eigenvalue weighted by Gasteiger charge is -2.15. The zero-order valence-corrected chi connectivity index (χ0v) is 16.4. The van der Waals surface area contributed by atoms with Crippen molar-refractivity contribution in [2.75, 3.05) is 11.8 Å². The number of nitrogens with one attached hydrogen (secondary N) is 1. The van der Waals surface area contributed by atoms with Gasteiger partial charge < -0.3 is 9.84 Å². The number of thiophene rings is 1. The Kier molecular flexibility index (Phi) is 6.07. The quantitative estimate of drug-likeness (QED) is 0.365. The third-order valence-electron chi connectivity index (χ3n) is 3.61. The lowest BCUT2D eigenvalue weighted by molar-refractivity contribution is -0.213. The van der Waals surface area contributed by atoms with Gasteiger partial charge in [0.2, 0.25) is 0 Å². The first-order valence-electron chi connectivity index (χ1n) is 8.07. The standard InChI is InChI=1S/C19H17N3O4S2/c1-26-15-7-4-6-14(12-15)13-20-21-19(23)16-8-2-3-9-17(16)22-28(24,25)18-10-5-11-27-18/h2-13,22H,1H3,(H,21,23)/p-1/b20-13-. The molecule has 3 aromatic rings. The predicted molar refractivity (Wildman–Crippen MR) is 109 cm³/mol. The van der Waals surface area contributed by atoms with E-state index in [4.69, 9.17) is 4.74 Å². The molecule has 0 bridgehead atoms. The molecule has 0 aliphatic heterocycles. The Morgan fingerprint density at radius 3 is 2.71 bits per heavy atom. The first-order chi connectivity index (χ1) is 13.5. The molecule has 9 heteroatoms. The molecule has 0 radical (unpaired) electrons. The molecule has 0 aliphatic carbocycles. The van der Waals surface area contributed by atoms with Gasteiger partial charge in [-0.05, 0) is 35.2 Å². The zero-order chi connectivity index (χ0) is 20.0. The molecular weight excluding hydrogens is 398 g/mol. The number of sulfonamides is 1. The second-order valence-corrected chi connectivity index (χ2v) is 8.37. The molecule has 144 valence electrons. The van der Waals surface area contributed by atoms with Crippen LogP contribution < -0.4 is 14.6 Å². The van der Waals surface area contributed by atoms with Crippen LogP contribution in [0.2, 0.25) is 0 Å². The molecule has 28 heavy (non-hydrogen) atoms. The van der Waals surface area contributed by atoms with Crippen LogP contribution in [0.5, 0.6) is 5.75 Å². The fourth-order valence-electron chi connectivity index (χ4n) is 2.29. The SMILES string of the molecule is COc1cccc(/C=N\N=C([O-])c2ccccc2NS(=O)(=O)c2cccs2)c1. The molecule has 0 atom stereocenters. The third-order valence-corrected chi connectivity index (χ3v) is 6.37. The molecular formula is C19H16N3O4S2-. The number of para-hydroxylation sites is 1. The van der Waals surface area contributed by atoms with Crippen LogP contribution >= 0.6 is 11.3 Å². The van der Waals surface area contributed by atoms with E-state index in [1.54, 1.807) is 55.0 Å². The summed E-state index contributed by atoms with van der Waals surface area (Å²) >= 11 is 1.09. The van der Waals surface area contributed by atoms with Crippen LogP contribution in [0.15, 0.2) is 80.5 Å². The van der Waals surface area contributed by atoms with E-state index in [0.29, 0.717) is 11.3 Å². The third kappa shape index (κ3) is 4.76. The Morgan fingerprint density at radius 2 is 1.96 bits per heavy atom. The van der Waals surface area contributed by atoms with E-state index in [2.05, 4.69) is 14.9 Å². The van der Waals surface area contributed by atoms with E-state index in [0.717, 1.165) is 11.3 Å². The van der Waals surface area contributed by atoms with Gasteiger partial charge in [0.15, 0.2) is 0 Å². The van der Waals surface area contributed by atoms with Gasteiger partial charge >= 0.3 is 0 Å². The van der Waals surface area contributed by atoms with E-state index < -0.39 is 15.9 Å². The highest BCUT2D eigenvalue weighted by Crippen LogP contribution is 2.22. The molecule has 0 saturated heterocycles. The van der Waals surface area contributed by atoms with Gasteiger partial charge in [0.05, 0.1) is 19.0 Å². The van der Waals surface area contributed by atoms with Crippen molar-refractivity contribution in [1.82, 2.24) is 0 Å². The van der Waals surface area contributed by atoms with Gasteiger partial charge in [-0.3, -0.25) is 4.72 Å². The molecule has 0 fully saturated rings. The van der Waals surface area contributed by atoms with Gasteiger partial charge in [-0.25, -0.2) is 8.42 Å². The van der Waals surface area contributed by atoms with E-state index in [9.17, 15) is 13.5 Å². The van der Waals surface area contributed by atoms with Crippen molar-refractivity contribution in [1.29, 1.82) is 0 Å². The van der Waals surface area contributed by atoms with Crippen LogP contribution in [-0.2, 0) is 10.0 Å². The van der Waals surface area contributed by atoms with Crippen LogP contribution in [0.3, 0.4) is 0 Å². The monoisotopic (exact) mass is 414 g/mol. The number of rotatable bonds is 7. The van der Waals surface area contributed by atoms with Crippen molar-refractivity contribution in [2.24, 2.45) is 10.2 Å². The minimum absolute atomic E-state index is 0.102. The summed E-state index contributed by atoms with van der Waals surface area (Å²) in [6, 6.07) is 16.5. The van der Waals surface area contributed by atoms with Crippen LogP contribution in [-0.4, -0.2) is 27.6 Å². The average molecular weight is 414 g/mol. The first kappa shape index (κ1) is 19.6. The Bertz CT molecular complexity index is 1110. The summed E-state index contributed by atoms with van der Waals surface area (Å²) in [7, 11) is -2.22. The Balaban J connectivity index is 1.83. The van der Waals surface area contributed by atoms with E-state index in [1.807, 2.05) is 0 Å². The van der Waals surface area contributed by atoms with Crippen LogP contribution in [0.4, 0.5) is 5.69 Å². The maximum absolute atomic E-state index is 12.4. The van der Waals surface area contributed by atoms with Crippen molar-refractivity contribution >= 4 is 39.2 Å². The van der Waals surface area contributed by atoms with Gasteiger partial charge in [-0.15, -0.1) is 11.3 Å². The smallest absolute Gasteiger partial charge is 0.271 e. The second kappa shape index (κ2) is 8.68. The van der Waals surface area contributed by atoms with Gasteiger partial charge in [-0.2, -0.15) is 10.2 Å². The molecule has 0 spiro atoms. The second-order valence-electron chi connectivity index (χ2n) is 5.51. The maximum Gasteiger partial charge on any atom is 0.271 e. The number of hydrogen-bond acceptors (Lipinski definition) is 7. The summed E-state index contributed by atoms with van der Waals surface area (Å²) in [5, 5.41) is 21.5. The molecule has 0 amide bonds. The highest BCUT2D eigenvalue weighted by molar-refractivity contribution is 7.94. The van der Waals surface area contributed by atoms with Crippen molar-refractivity contribution in [2.45, 2.75) is 4.21 Å². The summed E-state index contributed by atoms with van der Waals surface area (Å²) in [5.74, 6) is -0.00719. The molecule has 1 N–H and O–H groups in total. The fourth-order valence-corrected chi connectivity index (χ4v) is 4.37. The average Bonchev–Trinajstić information content (AvgIpc) is 3.24. The lowest BCUT2D eigenvalue weighted by atomic mass is 10.2. The van der Waals surface area contributed by atoms with Gasteiger partial charge in [0, 0.05) is 11.5 Å². The van der Waals surface area contributed by atoms with Crippen molar-refractivity contribution in [3.63, 3.8) is 0 Å². The van der Waals surface area contributed by atoms with Gasteiger partial charge in [-0.1, -0.05) is 36.4 Å². The minimum Gasteiger partial charge on any atom is -0.857 e. The zero-order valence-electron chi connectivity index (χ0n) is 14.8. The Labute approximate surface area is 166 Å². The fraction of sp³-hybridized carbons (Fsp3) is 0.0526. The van der Waals surface area contributed by atoms with Crippen LogP contribution in [0.1, 0.15) is 11.1 Å². The van der Waals surface area contributed by atoms with Crippen molar-refractivity contribution in [3.05, 3.63) is 77.2 Å². The highest BCUT2D eigenvalue weighted by Gasteiger charge is 2.16. The molecule has 0 aliphatic rings. The highest BCUT2D eigenvalue weighted by atomic mass is 32.2. The predicted octanol–water partition coefficient (Wildman–Crippen LogP) is 2.70. The molecule has 2 aromatic carbocycles. The molecule has 0 unspecified atom stereocenters. The van der Waals surface area contributed by atoms with Gasteiger partial charge in [0.1, 0.15) is 9.96 Å². The molecule has 7 nitrogen and oxygen atoms in total. The molecule has 1 aromatic heterocycles. The number of nitrogens with zero attached hydrogens (tertiary/aromatic N) is 2. The first-order valence-corrected chi connectivity index (χ1v) is 10.4. The molecule has 1 heterocycles.